The van der Waals surface area contributed by atoms with Gasteiger partial charge in [0.25, 0.3) is 0 Å². The Balaban J connectivity index is 5.42. The minimum Gasteiger partial charge on any atom is -0.379 e. The van der Waals surface area contributed by atoms with Crippen LogP contribution >= 0.6 is 0 Å². The molecule has 0 aliphatic rings. The fraction of sp³-hybridized carbons (Fsp3) is 0.828. The zero-order valence-corrected chi connectivity index (χ0v) is 27.3. The normalized spacial score (nSPS) is 13.8. The van der Waals surface area contributed by atoms with Crippen molar-refractivity contribution in [3.63, 3.8) is 0 Å². The molecule has 0 saturated heterocycles. The number of carbonyl (C=O) groups excluding carboxylic acids is 3. The number of allylic oxidation sites excluding steroid dienone is 1. The lowest BCUT2D eigenvalue weighted by molar-refractivity contribution is -0.135. The van der Waals surface area contributed by atoms with E-state index < -0.39 is 32.1 Å². The molecule has 3 amide bonds. The monoisotopic (exact) mass is 586 g/mol. The Kier molecular flexibility index (Phi) is 21.8. The first-order valence-corrected chi connectivity index (χ1v) is 18.3. The van der Waals surface area contributed by atoms with Gasteiger partial charge in [-0.2, -0.15) is 0 Å². The number of carbonyl (C=O) groups is 3. The summed E-state index contributed by atoms with van der Waals surface area (Å²) in [6, 6.07) is -1.45. The maximum absolute atomic E-state index is 13.4. The Morgan fingerprint density at radius 1 is 0.700 bits per heavy atom. The van der Waals surface area contributed by atoms with E-state index in [2.05, 4.69) is 47.9 Å². The van der Waals surface area contributed by atoms with Crippen LogP contribution in [0.5, 0.6) is 0 Å². The maximum atomic E-state index is 13.4. The van der Waals surface area contributed by atoms with Crippen molar-refractivity contribution < 1.29 is 28.6 Å². The number of hydrogen-bond donors (Lipinski definition) is 4. The van der Waals surface area contributed by atoms with Gasteiger partial charge >= 0.3 is 0 Å². The average molecular weight is 587 g/mol. The van der Waals surface area contributed by atoms with Crippen molar-refractivity contribution in [1.82, 2.24) is 21.3 Å². The van der Waals surface area contributed by atoms with Crippen molar-refractivity contribution in [2.75, 3.05) is 52.7 Å². The van der Waals surface area contributed by atoms with E-state index in [4.69, 9.17) is 14.2 Å². The van der Waals surface area contributed by atoms with Gasteiger partial charge in [-0.05, 0) is 45.6 Å². The summed E-state index contributed by atoms with van der Waals surface area (Å²) in [4.78, 5) is 39.5. The molecular weight excluding hydrogens is 528 g/mol. The van der Waals surface area contributed by atoms with Gasteiger partial charge in [-0.25, -0.2) is 0 Å². The third-order valence-corrected chi connectivity index (χ3v) is 10.5. The molecule has 0 heterocycles. The topological polar surface area (TPSA) is 127 Å². The highest BCUT2D eigenvalue weighted by Gasteiger charge is 2.29. The summed E-state index contributed by atoms with van der Waals surface area (Å²) in [6.07, 6.45) is 4.09. The molecule has 0 spiro atoms. The van der Waals surface area contributed by atoms with E-state index in [1.165, 1.54) is 5.20 Å². The first kappa shape index (κ1) is 38.2. The van der Waals surface area contributed by atoms with Crippen molar-refractivity contribution in [3.05, 3.63) is 11.8 Å². The largest absolute Gasteiger partial charge is 0.379 e. The first-order valence-electron chi connectivity index (χ1n) is 15.0. The highest BCUT2D eigenvalue weighted by Crippen LogP contribution is 2.19. The van der Waals surface area contributed by atoms with Gasteiger partial charge in [0.15, 0.2) is 0 Å². The summed E-state index contributed by atoms with van der Waals surface area (Å²) in [5, 5.41) is 13.0. The summed E-state index contributed by atoms with van der Waals surface area (Å²) in [7, 11) is -1.52. The Morgan fingerprint density at radius 3 is 1.60 bits per heavy atom. The molecule has 0 bridgehead atoms. The maximum Gasteiger partial charge on any atom is 0.245 e. The van der Waals surface area contributed by atoms with Gasteiger partial charge in [-0.3, -0.25) is 14.4 Å². The van der Waals surface area contributed by atoms with Gasteiger partial charge in [0.2, 0.25) is 17.7 Å². The second-order valence-corrected chi connectivity index (χ2v) is 16.0. The molecule has 0 aromatic carbocycles. The van der Waals surface area contributed by atoms with Crippen LogP contribution in [0, 0.1) is 0 Å². The smallest absolute Gasteiger partial charge is 0.245 e. The predicted octanol–water partition coefficient (Wildman–Crippen LogP) is 2.93. The van der Waals surface area contributed by atoms with Crippen molar-refractivity contribution >= 4 is 25.8 Å². The van der Waals surface area contributed by atoms with Crippen LogP contribution in [0.15, 0.2) is 11.8 Å². The van der Waals surface area contributed by atoms with Crippen molar-refractivity contribution in [2.24, 2.45) is 0 Å². The number of nitrogens with one attached hydrogen (secondary N) is 4. The molecule has 0 aromatic heterocycles. The van der Waals surface area contributed by atoms with E-state index in [1.807, 2.05) is 27.7 Å². The molecule has 234 valence electrons. The van der Waals surface area contributed by atoms with E-state index in [9.17, 15) is 14.4 Å². The molecule has 0 radical (unpaired) electrons. The summed E-state index contributed by atoms with van der Waals surface area (Å²) >= 11 is 0. The van der Waals surface area contributed by atoms with Crippen LogP contribution in [0.4, 0.5) is 0 Å². The molecule has 0 fully saturated rings. The van der Waals surface area contributed by atoms with Crippen LogP contribution < -0.4 is 21.3 Å². The van der Waals surface area contributed by atoms with Crippen molar-refractivity contribution in [1.29, 1.82) is 0 Å². The van der Waals surface area contributed by atoms with Gasteiger partial charge in [0.1, 0.15) is 18.1 Å². The van der Waals surface area contributed by atoms with Crippen LogP contribution in [0.25, 0.3) is 0 Å². The van der Waals surface area contributed by atoms with Crippen molar-refractivity contribution in [2.45, 2.75) is 104 Å². The van der Waals surface area contributed by atoms with E-state index in [0.29, 0.717) is 32.9 Å². The molecule has 0 rings (SSSR count). The third-order valence-electron chi connectivity index (χ3n) is 6.56. The van der Waals surface area contributed by atoms with Crippen molar-refractivity contribution in [3.8, 4) is 0 Å². The van der Waals surface area contributed by atoms with Gasteiger partial charge in [0.05, 0.1) is 27.9 Å². The number of hydrogen-bond acceptors (Lipinski definition) is 7. The molecule has 0 aliphatic heterocycles. The Labute approximate surface area is 244 Å². The lowest BCUT2D eigenvalue weighted by atomic mass is 10.2. The van der Waals surface area contributed by atoms with Gasteiger partial charge < -0.3 is 35.5 Å². The highest BCUT2D eigenvalue weighted by atomic mass is 28.3. The van der Waals surface area contributed by atoms with Gasteiger partial charge in [-0.15, -0.1) is 6.58 Å². The summed E-state index contributed by atoms with van der Waals surface area (Å²) in [6.45, 7) is 21.5. The van der Waals surface area contributed by atoms with Crippen LogP contribution in [-0.4, -0.2) is 96.7 Å². The van der Waals surface area contributed by atoms with Crippen LogP contribution in [-0.2, 0) is 28.6 Å². The number of amides is 3. The Morgan fingerprint density at radius 2 is 1.15 bits per heavy atom. The third kappa shape index (κ3) is 17.1. The molecule has 40 heavy (non-hydrogen) atoms. The van der Waals surface area contributed by atoms with E-state index in [1.54, 1.807) is 0 Å². The fourth-order valence-electron chi connectivity index (χ4n) is 3.57. The second-order valence-electron chi connectivity index (χ2n) is 10.9. The van der Waals surface area contributed by atoms with Crippen LogP contribution in [0.2, 0.25) is 19.1 Å². The number of ether oxygens (including phenoxy) is 3. The average Bonchev–Trinajstić information content (AvgIpc) is 2.91. The molecule has 4 N–H and O–H groups in total. The highest BCUT2D eigenvalue weighted by molar-refractivity contribution is 6.84. The standard InChI is InChI=1S/C29H58N4O6Si/c1-9-14-30-24(20-37-16-10-2)28(35)33-26(22-39-18-12-4)29(36)32-25(21-38-17-11-3)27(34)31-15-13-19-40(7,8)23(5)6/h24-26,30H,5,9-22H2,1-4,6-8H3,(H,31,34)(H,32,36)(H,33,35). The van der Waals surface area contributed by atoms with E-state index in [0.717, 1.165) is 38.1 Å². The lowest BCUT2D eigenvalue weighted by Gasteiger charge is -2.26. The quantitative estimate of drug-likeness (QED) is 0.0957. The lowest BCUT2D eigenvalue weighted by Crippen LogP contribution is -2.59. The molecule has 0 aliphatic carbocycles. The molecule has 3 unspecified atom stereocenters. The van der Waals surface area contributed by atoms with E-state index in [-0.39, 0.29) is 31.6 Å². The zero-order chi connectivity index (χ0) is 30.4. The summed E-state index contributed by atoms with van der Waals surface area (Å²) in [5.74, 6) is -1.16. The number of rotatable bonds is 25. The summed E-state index contributed by atoms with van der Waals surface area (Å²) < 4.78 is 16.9. The fourth-order valence-corrected chi connectivity index (χ4v) is 5.06. The minimum atomic E-state index is -1.52. The van der Waals surface area contributed by atoms with Gasteiger partial charge in [0, 0.05) is 26.4 Å². The molecule has 11 heteroatoms. The zero-order valence-electron chi connectivity index (χ0n) is 26.3. The molecule has 10 nitrogen and oxygen atoms in total. The van der Waals surface area contributed by atoms with Gasteiger partial charge in [-0.1, -0.05) is 52.0 Å². The molecular formula is C29H58N4O6Si. The minimum absolute atomic E-state index is 0.00744. The SMILES string of the molecule is C=C(C)[Si](C)(C)CCCNC(=O)C(COCCC)NC(=O)C(COCCC)NC(=O)C(COCCC)NCCC. The van der Waals surface area contributed by atoms with Crippen LogP contribution in [0.1, 0.15) is 66.7 Å². The second kappa shape index (κ2) is 22.8. The first-order chi connectivity index (χ1) is 19.0. The molecule has 0 aromatic rings. The summed E-state index contributed by atoms with van der Waals surface area (Å²) in [5.41, 5.74) is 0. The predicted molar refractivity (Wildman–Crippen MR) is 164 cm³/mol. The molecule has 0 saturated carbocycles. The Hall–Kier alpha value is -1.79. The Bertz CT molecular complexity index is 737. The van der Waals surface area contributed by atoms with E-state index >= 15 is 0 Å². The molecule has 3 atom stereocenters. The van der Waals surface area contributed by atoms with Crippen LogP contribution in [0.3, 0.4) is 0 Å².